The average Bonchev–Trinajstić information content (AvgIpc) is 2.81. The summed E-state index contributed by atoms with van der Waals surface area (Å²) in [5, 5.41) is 10.3. The predicted molar refractivity (Wildman–Crippen MR) is 59.6 cm³/mol. The Morgan fingerprint density at radius 3 is 2.22 bits per heavy atom. The largest absolute Gasteiger partial charge is 0.387 e. The first-order valence-electron chi connectivity index (χ1n) is 6.28. The lowest BCUT2D eigenvalue weighted by atomic mass is 10.1. The second-order valence-electron chi connectivity index (χ2n) is 5.93. The summed E-state index contributed by atoms with van der Waals surface area (Å²) in [6, 6.07) is 0. The molecule has 3 rings (SSSR count). The van der Waals surface area contributed by atoms with Gasteiger partial charge in [-0.2, -0.15) is 0 Å². The molecule has 3 heterocycles. The fourth-order valence-electron chi connectivity index (χ4n) is 2.70. The first-order valence-corrected chi connectivity index (χ1v) is 6.28. The zero-order chi connectivity index (χ0) is 13.1. The first-order chi connectivity index (χ1) is 8.27. The van der Waals surface area contributed by atoms with Crippen LogP contribution in [0.5, 0.6) is 0 Å². The van der Waals surface area contributed by atoms with Crippen LogP contribution in [0.15, 0.2) is 0 Å². The van der Waals surface area contributed by atoms with Gasteiger partial charge in [-0.25, -0.2) is 0 Å². The summed E-state index contributed by atoms with van der Waals surface area (Å²) < 4.78 is 28.1. The van der Waals surface area contributed by atoms with Gasteiger partial charge in [0.1, 0.15) is 24.4 Å². The van der Waals surface area contributed by atoms with E-state index in [4.69, 9.17) is 23.7 Å². The van der Waals surface area contributed by atoms with E-state index >= 15 is 0 Å². The highest BCUT2D eigenvalue weighted by atomic mass is 16.8. The Labute approximate surface area is 106 Å². The summed E-state index contributed by atoms with van der Waals surface area (Å²) in [5.74, 6) is -1.35. The SMILES string of the molecule is CC1(C)OCC([C@H]2OC3OC(C)(C)O[C@@H]3[C@H]2O)O1. The molecule has 0 aromatic carbocycles. The molecule has 0 aliphatic carbocycles. The summed E-state index contributed by atoms with van der Waals surface area (Å²) in [6.07, 6.45) is -2.53. The quantitative estimate of drug-likeness (QED) is 0.735. The Hall–Kier alpha value is -0.240. The van der Waals surface area contributed by atoms with E-state index in [1.165, 1.54) is 0 Å². The number of ether oxygens (including phenoxy) is 5. The van der Waals surface area contributed by atoms with Crippen molar-refractivity contribution >= 4 is 0 Å². The van der Waals surface area contributed by atoms with Crippen LogP contribution in [0, 0.1) is 0 Å². The summed E-state index contributed by atoms with van der Waals surface area (Å²) in [5.41, 5.74) is 0. The normalized spacial score (nSPS) is 49.5. The number of fused-ring (bicyclic) bond motifs is 1. The molecule has 1 N–H and O–H groups in total. The van der Waals surface area contributed by atoms with Crippen molar-refractivity contribution in [2.45, 2.75) is 70.0 Å². The molecule has 0 saturated carbocycles. The molecule has 6 heteroatoms. The molecule has 3 saturated heterocycles. The van der Waals surface area contributed by atoms with Crippen molar-refractivity contribution in [3.8, 4) is 0 Å². The number of rotatable bonds is 1. The Kier molecular flexibility index (Phi) is 2.75. The average molecular weight is 260 g/mol. The van der Waals surface area contributed by atoms with Crippen LogP contribution in [0.3, 0.4) is 0 Å². The molecule has 0 radical (unpaired) electrons. The number of aliphatic hydroxyl groups is 1. The standard InChI is InChI=1S/C12H20O6/c1-11(2)14-5-6(16-11)8-7(13)9-10(15-8)18-12(3,4)17-9/h6-10,13H,5H2,1-4H3/t6?,7-,8+,9+,10?/m0/s1. The Morgan fingerprint density at radius 1 is 0.944 bits per heavy atom. The van der Waals surface area contributed by atoms with Gasteiger partial charge in [0.2, 0.25) is 0 Å². The van der Waals surface area contributed by atoms with E-state index in [0.29, 0.717) is 6.61 Å². The van der Waals surface area contributed by atoms with Crippen LogP contribution in [0.4, 0.5) is 0 Å². The molecule has 0 aromatic heterocycles. The molecule has 5 atom stereocenters. The Balaban J connectivity index is 1.68. The molecule has 0 aromatic rings. The van der Waals surface area contributed by atoms with Gasteiger partial charge in [0.05, 0.1) is 6.61 Å². The molecule has 104 valence electrons. The van der Waals surface area contributed by atoms with E-state index in [9.17, 15) is 5.11 Å². The van der Waals surface area contributed by atoms with Gasteiger partial charge in [0.15, 0.2) is 17.9 Å². The number of hydrogen-bond acceptors (Lipinski definition) is 6. The molecule has 0 amide bonds. The van der Waals surface area contributed by atoms with Gasteiger partial charge in [0.25, 0.3) is 0 Å². The van der Waals surface area contributed by atoms with Crippen molar-refractivity contribution in [2.24, 2.45) is 0 Å². The van der Waals surface area contributed by atoms with Crippen LogP contribution in [0.25, 0.3) is 0 Å². The highest BCUT2D eigenvalue weighted by molar-refractivity contribution is 4.97. The number of hydrogen-bond donors (Lipinski definition) is 1. The van der Waals surface area contributed by atoms with Gasteiger partial charge < -0.3 is 28.8 Å². The molecular formula is C12H20O6. The van der Waals surface area contributed by atoms with Crippen molar-refractivity contribution in [2.75, 3.05) is 6.61 Å². The molecular weight excluding hydrogens is 240 g/mol. The van der Waals surface area contributed by atoms with E-state index in [-0.39, 0.29) is 6.10 Å². The summed E-state index contributed by atoms with van der Waals surface area (Å²) in [7, 11) is 0. The lowest BCUT2D eigenvalue weighted by Gasteiger charge is -2.26. The Bertz CT molecular complexity index is 341. The van der Waals surface area contributed by atoms with Crippen LogP contribution in [-0.4, -0.2) is 54.0 Å². The molecule has 0 bridgehead atoms. The zero-order valence-electron chi connectivity index (χ0n) is 11.1. The fourth-order valence-corrected chi connectivity index (χ4v) is 2.70. The molecule has 3 aliphatic rings. The lowest BCUT2D eigenvalue weighted by Crippen LogP contribution is -2.42. The lowest BCUT2D eigenvalue weighted by molar-refractivity contribution is -0.232. The van der Waals surface area contributed by atoms with E-state index in [1.807, 2.05) is 13.8 Å². The molecule has 6 nitrogen and oxygen atoms in total. The van der Waals surface area contributed by atoms with Gasteiger partial charge in [-0.3, -0.25) is 0 Å². The van der Waals surface area contributed by atoms with E-state index in [2.05, 4.69) is 0 Å². The highest BCUT2D eigenvalue weighted by Gasteiger charge is 2.57. The van der Waals surface area contributed by atoms with Crippen LogP contribution in [0.1, 0.15) is 27.7 Å². The van der Waals surface area contributed by atoms with Crippen molar-refractivity contribution in [1.29, 1.82) is 0 Å². The van der Waals surface area contributed by atoms with Gasteiger partial charge >= 0.3 is 0 Å². The fraction of sp³-hybridized carbons (Fsp3) is 1.00. The molecule has 0 spiro atoms. The van der Waals surface area contributed by atoms with E-state index < -0.39 is 36.2 Å². The van der Waals surface area contributed by atoms with Gasteiger partial charge in [-0.15, -0.1) is 0 Å². The molecule has 3 aliphatic heterocycles. The van der Waals surface area contributed by atoms with Gasteiger partial charge in [-0.1, -0.05) is 0 Å². The third-order valence-electron chi connectivity index (χ3n) is 3.45. The maximum Gasteiger partial charge on any atom is 0.190 e. The van der Waals surface area contributed by atoms with Crippen molar-refractivity contribution in [1.82, 2.24) is 0 Å². The minimum atomic E-state index is -0.765. The Morgan fingerprint density at radius 2 is 1.67 bits per heavy atom. The summed E-state index contributed by atoms with van der Waals surface area (Å²) in [4.78, 5) is 0. The monoisotopic (exact) mass is 260 g/mol. The van der Waals surface area contributed by atoms with E-state index in [0.717, 1.165) is 0 Å². The predicted octanol–water partition coefficient (Wildman–Crippen LogP) is 0.375. The molecule has 2 unspecified atom stereocenters. The van der Waals surface area contributed by atoms with Crippen molar-refractivity contribution < 1.29 is 28.8 Å². The van der Waals surface area contributed by atoms with Crippen LogP contribution >= 0.6 is 0 Å². The summed E-state index contributed by atoms with van der Waals surface area (Å²) >= 11 is 0. The van der Waals surface area contributed by atoms with Crippen LogP contribution in [0.2, 0.25) is 0 Å². The minimum Gasteiger partial charge on any atom is -0.387 e. The molecule has 3 fully saturated rings. The maximum absolute atomic E-state index is 10.3. The third kappa shape index (κ3) is 2.07. The summed E-state index contributed by atoms with van der Waals surface area (Å²) in [6.45, 7) is 7.68. The second kappa shape index (κ2) is 3.88. The molecule has 18 heavy (non-hydrogen) atoms. The smallest absolute Gasteiger partial charge is 0.190 e. The van der Waals surface area contributed by atoms with E-state index in [1.54, 1.807) is 13.8 Å². The first kappa shape index (κ1) is 12.8. The minimum absolute atomic E-state index is 0.295. The zero-order valence-corrected chi connectivity index (χ0v) is 11.1. The number of aliphatic hydroxyl groups excluding tert-OH is 1. The maximum atomic E-state index is 10.3. The van der Waals surface area contributed by atoms with Crippen molar-refractivity contribution in [3.63, 3.8) is 0 Å². The van der Waals surface area contributed by atoms with Gasteiger partial charge in [-0.05, 0) is 27.7 Å². The second-order valence-corrected chi connectivity index (χ2v) is 5.93. The van der Waals surface area contributed by atoms with Gasteiger partial charge in [0, 0.05) is 0 Å². The van der Waals surface area contributed by atoms with Crippen LogP contribution < -0.4 is 0 Å². The highest BCUT2D eigenvalue weighted by Crippen LogP contribution is 2.40. The topological polar surface area (TPSA) is 66.4 Å². The van der Waals surface area contributed by atoms with Crippen molar-refractivity contribution in [3.05, 3.63) is 0 Å². The third-order valence-corrected chi connectivity index (χ3v) is 3.45. The van der Waals surface area contributed by atoms with Crippen LogP contribution in [-0.2, 0) is 23.7 Å².